The minimum absolute atomic E-state index is 0.300. The molecule has 0 aliphatic rings. The molecule has 19 heavy (non-hydrogen) atoms. The van der Waals surface area contributed by atoms with E-state index in [1.165, 1.54) is 0 Å². The van der Waals surface area contributed by atoms with Crippen molar-refractivity contribution in [1.29, 1.82) is 0 Å². The Hall–Kier alpha value is -1.96. The summed E-state index contributed by atoms with van der Waals surface area (Å²) in [6, 6.07) is 19.5. The molecule has 0 unspecified atom stereocenters. The van der Waals surface area contributed by atoms with Gasteiger partial charge in [-0.05, 0) is 0 Å². The fourth-order valence-electron chi connectivity index (χ4n) is 1.65. The predicted molar refractivity (Wildman–Crippen MR) is 76.4 cm³/mol. The van der Waals surface area contributed by atoms with E-state index in [4.69, 9.17) is 9.47 Å². The van der Waals surface area contributed by atoms with Crippen LogP contribution in [0.2, 0.25) is 0 Å². The zero-order valence-corrected chi connectivity index (χ0v) is 11.9. The van der Waals surface area contributed by atoms with Crippen molar-refractivity contribution >= 4 is 14.5 Å². The van der Waals surface area contributed by atoms with Crippen molar-refractivity contribution in [1.82, 2.24) is 0 Å². The van der Waals surface area contributed by atoms with E-state index in [1.54, 1.807) is 0 Å². The Morgan fingerprint density at radius 1 is 0.579 bits per heavy atom. The van der Waals surface area contributed by atoms with Crippen LogP contribution in [0.5, 0.6) is 23.0 Å². The molecule has 0 N–H and O–H groups in total. The molecule has 3 heteroatoms. The van der Waals surface area contributed by atoms with E-state index in [-0.39, 0.29) is 0 Å². The molecule has 0 saturated heterocycles. The first-order valence-corrected chi connectivity index (χ1v) is 7.91. The van der Waals surface area contributed by atoms with Gasteiger partial charge in [-0.1, -0.05) is 0 Å². The second-order valence-electron chi connectivity index (χ2n) is 3.93. The zero-order chi connectivity index (χ0) is 12.9. The molecular formula is C16H12O2Se. The summed E-state index contributed by atoms with van der Waals surface area (Å²) in [7, 11) is 0. The Morgan fingerprint density at radius 3 is 1.42 bits per heavy atom. The van der Waals surface area contributed by atoms with Gasteiger partial charge in [0.2, 0.25) is 0 Å². The molecule has 0 fully saturated rings. The third-order valence-electron chi connectivity index (χ3n) is 2.54. The summed E-state index contributed by atoms with van der Waals surface area (Å²) in [5, 5.41) is 0. The van der Waals surface area contributed by atoms with Gasteiger partial charge in [0.05, 0.1) is 0 Å². The van der Waals surface area contributed by atoms with Crippen molar-refractivity contribution in [3.63, 3.8) is 0 Å². The molecule has 0 radical (unpaired) electrons. The van der Waals surface area contributed by atoms with Crippen LogP contribution in [0.15, 0.2) is 70.5 Å². The summed E-state index contributed by atoms with van der Waals surface area (Å²) in [5.74, 6) is 3.26. The van der Waals surface area contributed by atoms with E-state index >= 15 is 0 Å². The van der Waals surface area contributed by atoms with E-state index in [1.807, 2.05) is 60.7 Å². The van der Waals surface area contributed by atoms with Gasteiger partial charge in [-0.25, -0.2) is 0 Å². The Morgan fingerprint density at radius 2 is 1.00 bits per heavy atom. The van der Waals surface area contributed by atoms with Gasteiger partial charge in [0.15, 0.2) is 0 Å². The van der Waals surface area contributed by atoms with Crippen LogP contribution in [0.25, 0.3) is 0 Å². The van der Waals surface area contributed by atoms with Crippen molar-refractivity contribution < 1.29 is 9.47 Å². The molecule has 2 aromatic carbocycles. The topological polar surface area (TPSA) is 18.5 Å². The zero-order valence-electron chi connectivity index (χ0n) is 10.2. The molecule has 0 saturated carbocycles. The maximum absolute atomic E-state index is 5.84. The molecule has 0 aliphatic heterocycles. The van der Waals surface area contributed by atoms with Gasteiger partial charge in [0.1, 0.15) is 0 Å². The summed E-state index contributed by atoms with van der Waals surface area (Å²) < 4.78 is 11.7. The predicted octanol–water partition coefficient (Wildman–Crippen LogP) is 4.33. The van der Waals surface area contributed by atoms with Gasteiger partial charge >= 0.3 is 118 Å². The number of benzene rings is 2. The Bertz CT molecular complexity index is 576. The number of hydrogen-bond acceptors (Lipinski definition) is 2. The fraction of sp³-hybridized carbons (Fsp3) is 0. The molecule has 0 bridgehead atoms. The van der Waals surface area contributed by atoms with E-state index in [9.17, 15) is 0 Å². The summed E-state index contributed by atoms with van der Waals surface area (Å²) in [6.45, 7) is 0. The number of hydrogen-bond donors (Lipinski definition) is 0. The second kappa shape index (κ2) is 5.79. The number of para-hydroxylation sites is 2. The van der Waals surface area contributed by atoms with Gasteiger partial charge in [-0.2, -0.15) is 0 Å². The third kappa shape index (κ3) is 3.08. The molecule has 3 rings (SSSR count). The van der Waals surface area contributed by atoms with E-state index in [0.29, 0.717) is 14.5 Å². The maximum atomic E-state index is 5.84. The van der Waals surface area contributed by atoms with Crippen LogP contribution in [-0.2, 0) is 0 Å². The number of rotatable bonds is 4. The summed E-state index contributed by atoms with van der Waals surface area (Å²) in [4.78, 5) is 4.16. The SMILES string of the molecule is c1ccc(Oc2c[se]cc2Oc2ccccc2)cc1. The fourth-order valence-corrected chi connectivity index (χ4v) is 3.00. The average Bonchev–Trinajstić information content (AvgIpc) is 2.88. The van der Waals surface area contributed by atoms with E-state index < -0.39 is 0 Å². The van der Waals surface area contributed by atoms with Crippen molar-refractivity contribution in [2.75, 3.05) is 0 Å². The summed E-state index contributed by atoms with van der Waals surface area (Å²) >= 11 is 0.300. The normalized spacial score (nSPS) is 10.1. The minimum atomic E-state index is 0.300. The van der Waals surface area contributed by atoms with E-state index in [0.717, 1.165) is 23.0 Å². The summed E-state index contributed by atoms with van der Waals surface area (Å²) in [5.41, 5.74) is 0. The molecule has 0 spiro atoms. The quantitative estimate of drug-likeness (QED) is 0.667. The van der Waals surface area contributed by atoms with Crippen LogP contribution >= 0.6 is 0 Å². The van der Waals surface area contributed by atoms with Crippen LogP contribution in [0, 0.1) is 0 Å². The van der Waals surface area contributed by atoms with Crippen LogP contribution in [0.4, 0.5) is 0 Å². The molecule has 0 amide bonds. The van der Waals surface area contributed by atoms with Crippen LogP contribution in [0.1, 0.15) is 0 Å². The van der Waals surface area contributed by atoms with Crippen LogP contribution in [0.3, 0.4) is 0 Å². The molecule has 3 aromatic rings. The molecular weight excluding hydrogens is 303 g/mol. The van der Waals surface area contributed by atoms with Gasteiger partial charge in [-0.15, -0.1) is 0 Å². The number of ether oxygens (including phenoxy) is 2. The van der Waals surface area contributed by atoms with Gasteiger partial charge in [-0.3, -0.25) is 0 Å². The first kappa shape index (κ1) is 12.1. The van der Waals surface area contributed by atoms with Gasteiger partial charge in [0, 0.05) is 0 Å². The molecule has 0 atom stereocenters. The van der Waals surface area contributed by atoms with Crippen molar-refractivity contribution in [2.45, 2.75) is 0 Å². The molecule has 2 nitrogen and oxygen atoms in total. The Kier molecular flexibility index (Phi) is 3.68. The first-order valence-electron chi connectivity index (χ1n) is 5.94. The monoisotopic (exact) mass is 316 g/mol. The Balaban J connectivity index is 1.79. The Labute approximate surface area is 118 Å². The third-order valence-corrected chi connectivity index (χ3v) is 4.00. The average molecular weight is 315 g/mol. The van der Waals surface area contributed by atoms with E-state index in [2.05, 4.69) is 9.88 Å². The second-order valence-corrected chi connectivity index (χ2v) is 5.49. The van der Waals surface area contributed by atoms with Crippen molar-refractivity contribution in [3.05, 3.63) is 70.5 Å². The molecule has 94 valence electrons. The first-order chi connectivity index (χ1) is 9.42. The molecule has 1 heterocycles. The van der Waals surface area contributed by atoms with Gasteiger partial charge < -0.3 is 0 Å². The molecule has 0 aliphatic carbocycles. The standard InChI is InChI=1S/C16H12O2Se/c1-3-7-13(8-4-1)17-15-11-19-12-16(15)18-14-9-5-2-6-10-14/h1-12H. The van der Waals surface area contributed by atoms with Crippen LogP contribution < -0.4 is 9.47 Å². The van der Waals surface area contributed by atoms with Gasteiger partial charge in [0.25, 0.3) is 0 Å². The van der Waals surface area contributed by atoms with Crippen molar-refractivity contribution in [2.24, 2.45) is 0 Å². The van der Waals surface area contributed by atoms with Crippen LogP contribution in [-0.4, -0.2) is 14.5 Å². The summed E-state index contributed by atoms with van der Waals surface area (Å²) in [6.07, 6.45) is 0. The molecule has 1 aromatic heterocycles. The van der Waals surface area contributed by atoms with Crippen molar-refractivity contribution in [3.8, 4) is 23.0 Å².